The van der Waals surface area contributed by atoms with Gasteiger partial charge in [0, 0.05) is 5.56 Å². The van der Waals surface area contributed by atoms with Gasteiger partial charge in [-0.05, 0) is 25.3 Å². The highest BCUT2D eigenvalue weighted by Crippen LogP contribution is 2.35. The van der Waals surface area contributed by atoms with E-state index in [4.69, 9.17) is 4.74 Å². The first kappa shape index (κ1) is 14.0. The molecule has 1 N–H and O–H groups in total. The van der Waals surface area contributed by atoms with Gasteiger partial charge in [0.15, 0.2) is 0 Å². The van der Waals surface area contributed by atoms with Crippen molar-refractivity contribution in [1.82, 2.24) is 0 Å². The molecule has 0 heterocycles. The quantitative estimate of drug-likeness (QED) is 0.815. The van der Waals surface area contributed by atoms with E-state index in [-0.39, 0.29) is 0 Å². The summed E-state index contributed by atoms with van der Waals surface area (Å²) in [4.78, 5) is 0. The predicted molar refractivity (Wildman–Crippen MR) is 71.3 cm³/mol. The van der Waals surface area contributed by atoms with Gasteiger partial charge in [-0.2, -0.15) is 0 Å². The topological polar surface area (TPSA) is 29.5 Å². The Labute approximate surface area is 105 Å². The Hall–Kier alpha value is -1.02. The number of methoxy groups -OCH3 is 1. The van der Waals surface area contributed by atoms with Crippen molar-refractivity contribution in [3.8, 4) is 5.75 Å². The fraction of sp³-hybridized carbons (Fsp3) is 0.600. The van der Waals surface area contributed by atoms with Crippen LogP contribution in [0.2, 0.25) is 0 Å². The van der Waals surface area contributed by atoms with Gasteiger partial charge in [-0.1, -0.05) is 44.9 Å². The summed E-state index contributed by atoms with van der Waals surface area (Å²) in [6.07, 6.45) is 3.07. The number of ether oxygens (including phenoxy) is 1. The molecule has 2 nitrogen and oxygen atoms in total. The first-order chi connectivity index (χ1) is 8.01. The fourth-order valence-electron chi connectivity index (χ4n) is 2.47. The average molecular weight is 236 g/mol. The number of hydrogen-bond donors (Lipinski definition) is 1. The number of para-hydroxylation sites is 1. The van der Waals surface area contributed by atoms with E-state index in [0.29, 0.717) is 5.92 Å². The minimum atomic E-state index is -0.818. The van der Waals surface area contributed by atoms with E-state index in [1.54, 1.807) is 7.11 Å². The van der Waals surface area contributed by atoms with Crippen LogP contribution >= 0.6 is 0 Å². The fourth-order valence-corrected chi connectivity index (χ4v) is 2.47. The highest BCUT2D eigenvalue weighted by atomic mass is 16.5. The molecule has 1 aromatic carbocycles. The molecule has 0 aliphatic carbocycles. The SMILES string of the molecule is CCCC(C)CC(C)(O)c1ccccc1OC. The maximum absolute atomic E-state index is 10.6. The van der Waals surface area contributed by atoms with Gasteiger partial charge in [0.2, 0.25) is 0 Å². The molecular formula is C15H24O2. The highest BCUT2D eigenvalue weighted by molar-refractivity contribution is 5.37. The smallest absolute Gasteiger partial charge is 0.124 e. The van der Waals surface area contributed by atoms with E-state index in [0.717, 1.165) is 30.6 Å². The molecule has 1 rings (SSSR count). The maximum Gasteiger partial charge on any atom is 0.124 e. The second-order valence-corrected chi connectivity index (χ2v) is 5.07. The summed E-state index contributed by atoms with van der Waals surface area (Å²) >= 11 is 0. The molecule has 0 spiro atoms. The van der Waals surface area contributed by atoms with Gasteiger partial charge in [-0.3, -0.25) is 0 Å². The van der Waals surface area contributed by atoms with Crippen molar-refractivity contribution < 1.29 is 9.84 Å². The van der Waals surface area contributed by atoms with Crippen LogP contribution in [0, 0.1) is 5.92 Å². The first-order valence-electron chi connectivity index (χ1n) is 6.37. The number of benzene rings is 1. The van der Waals surface area contributed by atoms with Crippen LogP contribution in [-0.4, -0.2) is 12.2 Å². The second-order valence-electron chi connectivity index (χ2n) is 5.07. The van der Waals surface area contributed by atoms with Gasteiger partial charge in [0.1, 0.15) is 5.75 Å². The zero-order valence-electron chi connectivity index (χ0n) is 11.4. The third-order valence-electron chi connectivity index (χ3n) is 3.21. The number of hydrogen-bond acceptors (Lipinski definition) is 2. The molecule has 0 bridgehead atoms. The molecule has 0 fully saturated rings. The zero-order valence-corrected chi connectivity index (χ0v) is 11.4. The predicted octanol–water partition coefficient (Wildman–Crippen LogP) is 3.73. The molecule has 0 saturated carbocycles. The number of aliphatic hydroxyl groups is 1. The van der Waals surface area contributed by atoms with E-state index in [1.165, 1.54) is 0 Å². The van der Waals surface area contributed by atoms with Crippen LogP contribution in [-0.2, 0) is 5.60 Å². The van der Waals surface area contributed by atoms with Crippen molar-refractivity contribution in [3.63, 3.8) is 0 Å². The van der Waals surface area contributed by atoms with Crippen molar-refractivity contribution >= 4 is 0 Å². The monoisotopic (exact) mass is 236 g/mol. The van der Waals surface area contributed by atoms with Gasteiger partial charge in [0.05, 0.1) is 12.7 Å². The van der Waals surface area contributed by atoms with Gasteiger partial charge < -0.3 is 9.84 Å². The van der Waals surface area contributed by atoms with Crippen molar-refractivity contribution in [2.24, 2.45) is 5.92 Å². The third-order valence-corrected chi connectivity index (χ3v) is 3.21. The van der Waals surface area contributed by atoms with E-state index < -0.39 is 5.60 Å². The molecule has 2 unspecified atom stereocenters. The van der Waals surface area contributed by atoms with Crippen LogP contribution in [0.25, 0.3) is 0 Å². The maximum atomic E-state index is 10.6. The Morgan fingerprint density at radius 1 is 1.35 bits per heavy atom. The molecule has 0 aromatic heterocycles. The van der Waals surface area contributed by atoms with Crippen LogP contribution in [0.1, 0.15) is 45.6 Å². The van der Waals surface area contributed by atoms with Crippen molar-refractivity contribution in [1.29, 1.82) is 0 Å². The Balaban J connectivity index is 2.88. The molecular weight excluding hydrogens is 212 g/mol. The summed E-state index contributed by atoms with van der Waals surface area (Å²) in [6.45, 7) is 6.23. The van der Waals surface area contributed by atoms with Crippen LogP contribution in [0.4, 0.5) is 0 Å². The molecule has 0 amide bonds. The Bertz CT molecular complexity index is 345. The summed E-state index contributed by atoms with van der Waals surface area (Å²) in [6, 6.07) is 7.70. The Morgan fingerprint density at radius 3 is 2.59 bits per heavy atom. The Kier molecular flexibility index (Phi) is 5.01. The van der Waals surface area contributed by atoms with E-state index in [9.17, 15) is 5.11 Å². The van der Waals surface area contributed by atoms with E-state index in [1.807, 2.05) is 31.2 Å². The van der Waals surface area contributed by atoms with Crippen LogP contribution in [0.3, 0.4) is 0 Å². The molecule has 0 aliphatic heterocycles. The molecule has 2 atom stereocenters. The molecule has 0 radical (unpaired) electrons. The summed E-state index contributed by atoms with van der Waals surface area (Å²) < 4.78 is 5.31. The van der Waals surface area contributed by atoms with E-state index in [2.05, 4.69) is 13.8 Å². The lowest BCUT2D eigenvalue weighted by Crippen LogP contribution is -2.24. The normalized spacial score (nSPS) is 16.3. The standard InChI is InChI=1S/C15H24O2/c1-5-8-12(2)11-15(3,16)13-9-6-7-10-14(13)17-4/h6-7,9-10,12,16H,5,8,11H2,1-4H3. The average Bonchev–Trinajstić information content (AvgIpc) is 2.28. The molecule has 2 heteroatoms. The van der Waals surface area contributed by atoms with Crippen molar-refractivity contribution in [2.75, 3.05) is 7.11 Å². The molecule has 1 aromatic rings. The lowest BCUT2D eigenvalue weighted by molar-refractivity contribution is 0.0289. The largest absolute Gasteiger partial charge is 0.496 e. The van der Waals surface area contributed by atoms with Crippen molar-refractivity contribution in [3.05, 3.63) is 29.8 Å². The highest BCUT2D eigenvalue weighted by Gasteiger charge is 2.28. The molecule has 17 heavy (non-hydrogen) atoms. The summed E-state index contributed by atoms with van der Waals surface area (Å²) in [5.41, 5.74) is 0.0618. The summed E-state index contributed by atoms with van der Waals surface area (Å²) in [5.74, 6) is 1.28. The van der Waals surface area contributed by atoms with Crippen LogP contribution < -0.4 is 4.74 Å². The summed E-state index contributed by atoms with van der Waals surface area (Å²) in [5, 5.41) is 10.6. The zero-order chi connectivity index (χ0) is 12.9. The summed E-state index contributed by atoms with van der Waals surface area (Å²) in [7, 11) is 1.64. The molecule has 96 valence electrons. The second kappa shape index (κ2) is 6.06. The van der Waals surface area contributed by atoms with Gasteiger partial charge in [-0.15, -0.1) is 0 Å². The van der Waals surface area contributed by atoms with Gasteiger partial charge in [0.25, 0.3) is 0 Å². The lowest BCUT2D eigenvalue weighted by Gasteiger charge is -2.28. The van der Waals surface area contributed by atoms with Crippen LogP contribution in [0.15, 0.2) is 24.3 Å². The molecule has 0 aliphatic rings. The van der Waals surface area contributed by atoms with E-state index >= 15 is 0 Å². The van der Waals surface area contributed by atoms with Crippen molar-refractivity contribution in [2.45, 2.75) is 45.6 Å². The molecule has 0 saturated heterocycles. The minimum Gasteiger partial charge on any atom is -0.496 e. The minimum absolute atomic E-state index is 0.514. The Morgan fingerprint density at radius 2 is 2.00 bits per heavy atom. The lowest BCUT2D eigenvalue weighted by atomic mass is 9.84. The van der Waals surface area contributed by atoms with Gasteiger partial charge in [-0.25, -0.2) is 0 Å². The van der Waals surface area contributed by atoms with Crippen LogP contribution in [0.5, 0.6) is 5.75 Å². The third kappa shape index (κ3) is 3.74. The van der Waals surface area contributed by atoms with Gasteiger partial charge >= 0.3 is 0 Å². The first-order valence-corrected chi connectivity index (χ1v) is 6.37. The number of rotatable bonds is 6.